The van der Waals surface area contributed by atoms with Gasteiger partial charge in [0.2, 0.25) is 0 Å². The largest absolute Gasteiger partial charge is 0.497 e. The predicted molar refractivity (Wildman–Crippen MR) is 95.7 cm³/mol. The number of esters is 1. The van der Waals surface area contributed by atoms with Gasteiger partial charge in [0.05, 0.1) is 12.7 Å². The molecule has 5 heteroatoms. The molecular formula is C21H15NO4. The second-order valence-corrected chi connectivity index (χ2v) is 6.34. The second-order valence-electron chi connectivity index (χ2n) is 6.34. The molecule has 0 amide bonds. The zero-order valence-electron chi connectivity index (χ0n) is 14.0. The van der Waals surface area contributed by atoms with E-state index in [1.807, 2.05) is 36.4 Å². The lowest BCUT2D eigenvalue weighted by Gasteiger charge is -2.36. The average Bonchev–Trinajstić information content (AvgIpc) is 2.94. The summed E-state index contributed by atoms with van der Waals surface area (Å²) in [6.45, 7) is 0. The van der Waals surface area contributed by atoms with Crippen molar-refractivity contribution in [2.45, 2.75) is 5.60 Å². The summed E-state index contributed by atoms with van der Waals surface area (Å²) in [5.41, 5.74) is 8.22. The molecule has 0 aromatic heterocycles. The Morgan fingerprint density at radius 2 is 1.73 bits per heavy atom. The lowest BCUT2D eigenvalue weighted by Crippen LogP contribution is -2.33. The minimum atomic E-state index is -1.08. The van der Waals surface area contributed by atoms with Gasteiger partial charge in [0.15, 0.2) is 5.60 Å². The Balaban J connectivity index is 1.90. The van der Waals surface area contributed by atoms with Gasteiger partial charge in [-0.05, 0) is 36.4 Å². The van der Waals surface area contributed by atoms with Crippen LogP contribution in [0, 0.1) is 0 Å². The van der Waals surface area contributed by atoms with Gasteiger partial charge in [-0.25, -0.2) is 4.79 Å². The Bertz CT molecular complexity index is 1080. The minimum Gasteiger partial charge on any atom is -0.497 e. The number of methoxy groups -OCH3 is 1. The number of nitrogens with two attached hydrogens (primary N) is 1. The first-order chi connectivity index (χ1) is 12.6. The van der Waals surface area contributed by atoms with E-state index in [1.54, 1.807) is 31.4 Å². The quantitative estimate of drug-likeness (QED) is 0.536. The Morgan fingerprint density at radius 1 is 0.923 bits per heavy atom. The van der Waals surface area contributed by atoms with Crippen molar-refractivity contribution in [1.82, 2.24) is 0 Å². The van der Waals surface area contributed by atoms with Gasteiger partial charge < -0.3 is 19.9 Å². The lowest BCUT2D eigenvalue weighted by molar-refractivity contribution is 0.0224. The Hall–Kier alpha value is -3.47. The van der Waals surface area contributed by atoms with E-state index in [2.05, 4.69) is 0 Å². The number of hydrogen-bond donors (Lipinski definition) is 1. The topological polar surface area (TPSA) is 70.8 Å². The third-order valence-corrected chi connectivity index (χ3v) is 4.94. The van der Waals surface area contributed by atoms with Gasteiger partial charge in [0.25, 0.3) is 0 Å². The van der Waals surface area contributed by atoms with Crippen molar-refractivity contribution >= 4 is 11.7 Å². The van der Waals surface area contributed by atoms with Gasteiger partial charge in [-0.2, -0.15) is 0 Å². The molecule has 1 spiro atoms. The van der Waals surface area contributed by atoms with E-state index in [9.17, 15) is 4.79 Å². The maximum atomic E-state index is 12.7. The summed E-state index contributed by atoms with van der Waals surface area (Å²) in [6, 6.07) is 18.3. The number of nitrogen functional groups attached to an aromatic ring is 1. The van der Waals surface area contributed by atoms with E-state index in [0.29, 0.717) is 28.5 Å². The summed E-state index contributed by atoms with van der Waals surface area (Å²) in [5, 5.41) is 0. The van der Waals surface area contributed by atoms with Gasteiger partial charge in [-0.15, -0.1) is 0 Å². The second kappa shape index (κ2) is 5.02. The number of rotatable bonds is 1. The normalized spacial score (nSPS) is 19.2. The Kier molecular flexibility index (Phi) is 2.86. The minimum absolute atomic E-state index is 0.373. The third kappa shape index (κ3) is 1.77. The van der Waals surface area contributed by atoms with Crippen molar-refractivity contribution < 1.29 is 19.0 Å². The molecule has 5 nitrogen and oxygen atoms in total. The molecule has 2 aliphatic rings. The highest BCUT2D eigenvalue weighted by Crippen LogP contribution is 2.56. The average molecular weight is 345 g/mol. The molecule has 0 saturated heterocycles. The maximum Gasteiger partial charge on any atom is 0.340 e. The summed E-state index contributed by atoms with van der Waals surface area (Å²) >= 11 is 0. The Labute approximate surface area is 149 Å². The van der Waals surface area contributed by atoms with Crippen molar-refractivity contribution in [2.75, 3.05) is 12.8 Å². The van der Waals surface area contributed by atoms with Crippen molar-refractivity contribution in [3.63, 3.8) is 0 Å². The SMILES string of the molecule is COc1ccc2c(c1)C1(OC2=O)c2ccccc2Oc2cc(N)ccc21. The van der Waals surface area contributed by atoms with Crippen molar-refractivity contribution in [2.24, 2.45) is 0 Å². The van der Waals surface area contributed by atoms with E-state index in [-0.39, 0.29) is 5.97 Å². The number of fused-ring (bicyclic) bond motifs is 6. The van der Waals surface area contributed by atoms with Crippen LogP contribution in [0.1, 0.15) is 27.0 Å². The fraction of sp³-hybridized carbons (Fsp3) is 0.0952. The van der Waals surface area contributed by atoms with Crippen LogP contribution in [-0.4, -0.2) is 13.1 Å². The van der Waals surface area contributed by atoms with E-state index >= 15 is 0 Å². The lowest BCUT2D eigenvalue weighted by atomic mass is 9.77. The fourth-order valence-corrected chi connectivity index (χ4v) is 3.79. The summed E-state index contributed by atoms with van der Waals surface area (Å²) in [5.74, 6) is 1.49. The molecule has 0 aliphatic carbocycles. The van der Waals surface area contributed by atoms with Crippen LogP contribution in [0.5, 0.6) is 17.2 Å². The third-order valence-electron chi connectivity index (χ3n) is 4.94. The molecule has 5 rings (SSSR count). The number of carbonyl (C=O) groups excluding carboxylic acids is 1. The highest BCUT2D eigenvalue weighted by atomic mass is 16.6. The van der Waals surface area contributed by atoms with Gasteiger partial charge in [0, 0.05) is 28.4 Å². The summed E-state index contributed by atoms with van der Waals surface area (Å²) in [6.07, 6.45) is 0. The van der Waals surface area contributed by atoms with Gasteiger partial charge in [-0.1, -0.05) is 18.2 Å². The fourth-order valence-electron chi connectivity index (χ4n) is 3.79. The van der Waals surface area contributed by atoms with Crippen LogP contribution in [0.3, 0.4) is 0 Å². The highest BCUT2D eigenvalue weighted by molar-refractivity contribution is 5.97. The number of ether oxygens (including phenoxy) is 3. The van der Waals surface area contributed by atoms with E-state index < -0.39 is 5.60 Å². The number of hydrogen-bond acceptors (Lipinski definition) is 5. The standard InChI is InChI=1S/C21H15NO4/c1-24-13-7-8-14-17(11-13)21(26-20(14)23)15-4-2-3-5-18(15)25-19-10-12(22)6-9-16(19)21/h2-11H,22H2,1H3. The predicted octanol–water partition coefficient (Wildman–Crippen LogP) is 3.85. The van der Waals surface area contributed by atoms with Crippen molar-refractivity contribution in [3.05, 3.63) is 82.9 Å². The van der Waals surface area contributed by atoms with Crippen LogP contribution in [0.25, 0.3) is 0 Å². The first kappa shape index (κ1) is 14.8. The van der Waals surface area contributed by atoms with Crippen molar-refractivity contribution in [1.29, 1.82) is 0 Å². The van der Waals surface area contributed by atoms with Crippen LogP contribution in [-0.2, 0) is 10.3 Å². The van der Waals surface area contributed by atoms with Gasteiger partial charge in [0.1, 0.15) is 17.2 Å². The summed E-state index contributed by atoms with van der Waals surface area (Å²) < 4.78 is 17.5. The van der Waals surface area contributed by atoms with Gasteiger partial charge >= 0.3 is 5.97 Å². The molecule has 0 fully saturated rings. The monoisotopic (exact) mass is 345 g/mol. The summed E-state index contributed by atoms with van der Waals surface area (Å²) in [7, 11) is 1.60. The van der Waals surface area contributed by atoms with E-state index in [0.717, 1.165) is 16.7 Å². The molecule has 0 bridgehead atoms. The molecule has 0 radical (unpaired) electrons. The first-order valence-electron chi connectivity index (χ1n) is 8.23. The number of carbonyl (C=O) groups is 1. The molecule has 1 unspecified atom stereocenters. The molecule has 2 N–H and O–H groups in total. The summed E-state index contributed by atoms with van der Waals surface area (Å²) in [4.78, 5) is 12.7. The number of benzene rings is 3. The van der Waals surface area contributed by atoms with Crippen LogP contribution in [0.4, 0.5) is 5.69 Å². The Morgan fingerprint density at radius 3 is 2.58 bits per heavy atom. The molecule has 3 aromatic rings. The first-order valence-corrected chi connectivity index (χ1v) is 8.23. The number of para-hydroxylation sites is 1. The maximum absolute atomic E-state index is 12.7. The molecule has 2 aliphatic heterocycles. The van der Waals surface area contributed by atoms with E-state index in [1.165, 1.54) is 0 Å². The van der Waals surface area contributed by atoms with Crippen LogP contribution < -0.4 is 15.2 Å². The zero-order chi connectivity index (χ0) is 17.9. The molecule has 1 atom stereocenters. The molecule has 3 aromatic carbocycles. The molecule has 2 heterocycles. The van der Waals surface area contributed by atoms with E-state index in [4.69, 9.17) is 19.9 Å². The molecular weight excluding hydrogens is 330 g/mol. The van der Waals surface area contributed by atoms with Crippen molar-refractivity contribution in [3.8, 4) is 17.2 Å². The highest BCUT2D eigenvalue weighted by Gasteiger charge is 2.53. The van der Waals surface area contributed by atoms with Crippen LogP contribution in [0.15, 0.2) is 60.7 Å². The number of anilines is 1. The molecule has 26 heavy (non-hydrogen) atoms. The zero-order valence-corrected chi connectivity index (χ0v) is 14.0. The van der Waals surface area contributed by atoms with Crippen LogP contribution in [0.2, 0.25) is 0 Å². The molecule has 0 saturated carbocycles. The molecule has 128 valence electrons. The smallest absolute Gasteiger partial charge is 0.340 e. The van der Waals surface area contributed by atoms with Gasteiger partial charge in [-0.3, -0.25) is 0 Å². The van der Waals surface area contributed by atoms with Crippen LogP contribution >= 0.6 is 0 Å².